The van der Waals surface area contributed by atoms with Crippen LogP contribution in [-0.2, 0) is 24.8 Å². The zero-order valence-electron chi connectivity index (χ0n) is 18.9. The van der Waals surface area contributed by atoms with Crippen LogP contribution in [0.5, 0.6) is 5.88 Å². The monoisotopic (exact) mass is 530 g/mol. The fourth-order valence-corrected chi connectivity index (χ4v) is 3.08. The van der Waals surface area contributed by atoms with Crippen LogP contribution in [0, 0.1) is 13.8 Å². The highest BCUT2D eigenvalue weighted by Gasteiger charge is 2.14. The predicted molar refractivity (Wildman–Crippen MR) is 131 cm³/mol. The molecular formula is C21H35IN6O2. The van der Waals surface area contributed by atoms with Crippen molar-refractivity contribution >= 4 is 29.9 Å². The molecule has 8 nitrogen and oxygen atoms in total. The Bertz CT molecular complexity index is 809. The third-order valence-corrected chi connectivity index (χ3v) is 4.68. The first-order valence-electron chi connectivity index (χ1n) is 10.1. The highest BCUT2D eigenvalue weighted by atomic mass is 127. The lowest BCUT2D eigenvalue weighted by atomic mass is 10.1. The number of hydrogen-bond donors (Lipinski definition) is 2. The van der Waals surface area contributed by atoms with Gasteiger partial charge >= 0.3 is 0 Å². The van der Waals surface area contributed by atoms with Gasteiger partial charge in [-0.15, -0.1) is 24.0 Å². The topological polar surface area (TPSA) is 85.6 Å². The molecule has 1 atom stereocenters. The number of halogens is 1. The van der Waals surface area contributed by atoms with E-state index in [1.54, 1.807) is 13.3 Å². The summed E-state index contributed by atoms with van der Waals surface area (Å²) in [7, 11) is 3.63. The molecule has 0 aromatic carbocycles. The molecule has 168 valence electrons. The fraction of sp³-hybridized carbons (Fsp3) is 0.571. The molecule has 30 heavy (non-hydrogen) atoms. The molecule has 1 unspecified atom stereocenters. The minimum absolute atomic E-state index is 0. The van der Waals surface area contributed by atoms with Crippen molar-refractivity contribution in [1.29, 1.82) is 0 Å². The molecule has 9 heteroatoms. The molecule has 2 aromatic rings. The van der Waals surface area contributed by atoms with Crippen LogP contribution in [0.4, 0.5) is 0 Å². The zero-order valence-corrected chi connectivity index (χ0v) is 21.2. The van der Waals surface area contributed by atoms with Crippen molar-refractivity contribution in [2.24, 2.45) is 12.0 Å². The van der Waals surface area contributed by atoms with E-state index >= 15 is 0 Å². The number of aliphatic imine (C=N–C) groups is 1. The Morgan fingerprint density at radius 2 is 2.07 bits per heavy atom. The van der Waals surface area contributed by atoms with E-state index in [-0.39, 0.29) is 30.0 Å². The van der Waals surface area contributed by atoms with Gasteiger partial charge in [-0.3, -0.25) is 4.68 Å². The molecule has 2 rings (SSSR count). The van der Waals surface area contributed by atoms with Gasteiger partial charge in [-0.25, -0.2) is 9.98 Å². The third-order valence-electron chi connectivity index (χ3n) is 4.68. The van der Waals surface area contributed by atoms with Crippen molar-refractivity contribution in [3.05, 3.63) is 40.8 Å². The first kappa shape index (κ1) is 26.2. The second-order valence-corrected chi connectivity index (χ2v) is 7.03. The Balaban J connectivity index is 0.00000450. The first-order valence-corrected chi connectivity index (χ1v) is 10.1. The van der Waals surface area contributed by atoms with E-state index in [9.17, 15) is 0 Å². The summed E-state index contributed by atoms with van der Waals surface area (Å²) in [6, 6.07) is 4.08. The fourth-order valence-electron chi connectivity index (χ4n) is 3.08. The normalized spacial score (nSPS) is 12.3. The molecule has 0 saturated carbocycles. The molecule has 0 aliphatic carbocycles. The molecule has 0 fully saturated rings. The summed E-state index contributed by atoms with van der Waals surface area (Å²) in [6.45, 7) is 10.6. The molecule has 0 saturated heterocycles. The minimum atomic E-state index is 0. The lowest BCUT2D eigenvalue weighted by Crippen LogP contribution is -2.43. The SMILES string of the molecule is CCNC(=NCc1cccnc1OCCOC)NC(C)Cc1c(C)nn(C)c1C.I. The van der Waals surface area contributed by atoms with Crippen molar-refractivity contribution in [1.82, 2.24) is 25.4 Å². The van der Waals surface area contributed by atoms with Crippen LogP contribution in [0.3, 0.4) is 0 Å². The van der Waals surface area contributed by atoms with Gasteiger partial charge in [0.15, 0.2) is 5.96 Å². The van der Waals surface area contributed by atoms with E-state index in [1.807, 2.05) is 23.9 Å². The zero-order chi connectivity index (χ0) is 21.2. The summed E-state index contributed by atoms with van der Waals surface area (Å²) in [5.41, 5.74) is 4.50. The molecule has 2 N–H and O–H groups in total. The predicted octanol–water partition coefficient (Wildman–Crippen LogP) is 2.76. The summed E-state index contributed by atoms with van der Waals surface area (Å²) in [5.74, 6) is 1.37. The van der Waals surface area contributed by atoms with Gasteiger partial charge in [0.05, 0.1) is 18.8 Å². The molecule has 2 heterocycles. The second-order valence-electron chi connectivity index (χ2n) is 7.03. The molecule has 0 spiro atoms. The van der Waals surface area contributed by atoms with Crippen molar-refractivity contribution < 1.29 is 9.47 Å². The number of rotatable bonds is 10. The highest BCUT2D eigenvalue weighted by molar-refractivity contribution is 14.0. The Morgan fingerprint density at radius 1 is 1.30 bits per heavy atom. The largest absolute Gasteiger partial charge is 0.475 e. The maximum absolute atomic E-state index is 5.70. The quantitative estimate of drug-likeness (QED) is 0.213. The smallest absolute Gasteiger partial charge is 0.218 e. The number of pyridine rings is 1. The number of ether oxygens (including phenoxy) is 2. The van der Waals surface area contributed by atoms with Crippen LogP contribution in [0.15, 0.2) is 23.3 Å². The van der Waals surface area contributed by atoms with Gasteiger partial charge in [0.2, 0.25) is 5.88 Å². The summed E-state index contributed by atoms with van der Waals surface area (Å²) in [5, 5.41) is 11.3. The molecule has 0 bridgehead atoms. The lowest BCUT2D eigenvalue weighted by molar-refractivity contribution is 0.143. The number of aromatic nitrogens is 3. The average Bonchev–Trinajstić information content (AvgIpc) is 2.93. The first-order chi connectivity index (χ1) is 14.0. The van der Waals surface area contributed by atoms with E-state index in [0.717, 1.165) is 30.2 Å². The highest BCUT2D eigenvalue weighted by Crippen LogP contribution is 2.16. The van der Waals surface area contributed by atoms with Gasteiger partial charge in [0.25, 0.3) is 0 Å². The lowest BCUT2D eigenvalue weighted by Gasteiger charge is -2.18. The van der Waals surface area contributed by atoms with Gasteiger partial charge in [0, 0.05) is 44.2 Å². The average molecular weight is 530 g/mol. The maximum atomic E-state index is 5.70. The summed E-state index contributed by atoms with van der Waals surface area (Å²) in [6.07, 6.45) is 2.60. The Labute approximate surface area is 196 Å². The Hall–Kier alpha value is -1.88. The molecule has 0 amide bonds. The van der Waals surface area contributed by atoms with Crippen LogP contribution in [0.2, 0.25) is 0 Å². The Morgan fingerprint density at radius 3 is 2.70 bits per heavy atom. The van der Waals surface area contributed by atoms with E-state index in [1.165, 1.54) is 11.3 Å². The van der Waals surface area contributed by atoms with Crippen molar-refractivity contribution in [3.63, 3.8) is 0 Å². The number of nitrogens with one attached hydrogen (secondary N) is 2. The van der Waals surface area contributed by atoms with Crippen molar-refractivity contribution in [2.75, 3.05) is 26.9 Å². The van der Waals surface area contributed by atoms with Gasteiger partial charge in [-0.1, -0.05) is 6.07 Å². The standard InChI is InChI=1S/C21H34N6O2.HI/c1-7-22-21(25-15(2)13-19-16(3)26-27(5)17(19)4)24-14-18-9-8-10-23-20(18)29-12-11-28-6;/h8-10,15H,7,11-14H2,1-6H3,(H2,22,24,25);1H. The van der Waals surface area contributed by atoms with Crippen LogP contribution >= 0.6 is 24.0 Å². The van der Waals surface area contributed by atoms with Gasteiger partial charge in [0.1, 0.15) is 6.61 Å². The van der Waals surface area contributed by atoms with Crippen molar-refractivity contribution in [3.8, 4) is 5.88 Å². The third kappa shape index (κ3) is 7.75. The minimum Gasteiger partial charge on any atom is -0.475 e. The summed E-state index contributed by atoms with van der Waals surface area (Å²) < 4.78 is 12.7. The van der Waals surface area contributed by atoms with Crippen molar-refractivity contribution in [2.45, 2.75) is 46.7 Å². The molecule has 2 aromatic heterocycles. The number of nitrogens with zero attached hydrogens (tertiary/aromatic N) is 4. The number of methoxy groups -OCH3 is 1. The number of hydrogen-bond acceptors (Lipinski definition) is 5. The van der Waals surface area contributed by atoms with E-state index in [2.05, 4.69) is 48.4 Å². The maximum Gasteiger partial charge on any atom is 0.218 e. The molecule has 0 radical (unpaired) electrons. The van der Waals surface area contributed by atoms with Gasteiger partial charge in [-0.05, 0) is 45.7 Å². The summed E-state index contributed by atoms with van der Waals surface area (Å²) in [4.78, 5) is 9.04. The van der Waals surface area contributed by atoms with Gasteiger partial charge < -0.3 is 20.1 Å². The number of guanidine groups is 1. The summed E-state index contributed by atoms with van der Waals surface area (Å²) >= 11 is 0. The second kappa shape index (κ2) is 13.4. The molecule has 0 aliphatic rings. The van der Waals surface area contributed by atoms with Crippen LogP contribution in [0.1, 0.15) is 36.4 Å². The van der Waals surface area contributed by atoms with E-state index < -0.39 is 0 Å². The molecule has 0 aliphatic heterocycles. The van der Waals surface area contributed by atoms with Crippen LogP contribution in [0.25, 0.3) is 0 Å². The van der Waals surface area contributed by atoms with Crippen LogP contribution in [-0.4, -0.2) is 53.6 Å². The van der Waals surface area contributed by atoms with E-state index in [4.69, 9.17) is 14.5 Å². The van der Waals surface area contributed by atoms with Gasteiger partial charge in [-0.2, -0.15) is 5.10 Å². The number of aryl methyl sites for hydroxylation is 2. The Kier molecular flexibility index (Phi) is 11.7. The molecular weight excluding hydrogens is 495 g/mol. The van der Waals surface area contributed by atoms with Crippen LogP contribution < -0.4 is 15.4 Å². The van der Waals surface area contributed by atoms with E-state index in [0.29, 0.717) is 25.6 Å².